The molecule has 1 saturated carbocycles. The van der Waals surface area contributed by atoms with E-state index in [1.54, 1.807) is 13.2 Å². The molecule has 3 aromatic rings. The van der Waals surface area contributed by atoms with Crippen molar-refractivity contribution < 1.29 is 17.9 Å². The molecule has 0 aliphatic heterocycles. The van der Waals surface area contributed by atoms with E-state index in [1.165, 1.54) is 49.8 Å². The Bertz CT molecular complexity index is 1080. The fourth-order valence-electron chi connectivity index (χ4n) is 5.13. The van der Waals surface area contributed by atoms with Crippen LogP contribution in [0.1, 0.15) is 61.1 Å². The standard InChI is InChI=1S/C28H30ClF3O/c1-33-14-2-3-18-4-7-20(8-5-18)22-12-13-24-23(17-22)11-10-21(28(24)32)9-6-19-15-25(30)27(29)26(31)16-19/h10-13,15-18,20H,2-9,14H2,1H3. The molecule has 0 aromatic heterocycles. The van der Waals surface area contributed by atoms with Gasteiger partial charge in [0.2, 0.25) is 0 Å². The molecule has 176 valence electrons. The van der Waals surface area contributed by atoms with Gasteiger partial charge in [-0.15, -0.1) is 0 Å². The van der Waals surface area contributed by atoms with Crippen molar-refractivity contribution in [2.75, 3.05) is 13.7 Å². The Labute approximate surface area is 198 Å². The zero-order valence-corrected chi connectivity index (χ0v) is 19.7. The van der Waals surface area contributed by atoms with Gasteiger partial charge in [-0.2, -0.15) is 0 Å². The predicted molar refractivity (Wildman–Crippen MR) is 128 cm³/mol. The molecule has 1 fully saturated rings. The minimum Gasteiger partial charge on any atom is -0.385 e. The van der Waals surface area contributed by atoms with E-state index >= 15 is 4.39 Å². The molecule has 0 unspecified atom stereocenters. The summed E-state index contributed by atoms with van der Waals surface area (Å²) in [6, 6.07) is 12.2. The summed E-state index contributed by atoms with van der Waals surface area (Å²) in [5.74, 6) is -0.509. The Kier molecular flexibility index (Phi) is 7.98. The van der Waals surface area contributed by atoms with Gasteiger partial charge in [-0.1, -0.05) is 41.9 Å². The lowest BCUT2D eigenvalue weighted by molar-refractivity contribution is 0.180. The number of hydrogen-bond donors (Lipinski definition) is 0. The smallest absolute Gasteiger partial charge is 0.145 e. The maximum Gasteiger partial charge on any atom is 0.145 e. The summed E-state index contributed by atoms with van der Waals surface area (Å²) in [5, 5.41) is 0.989. The first-order valence-corrected chi connectivity index (χ1v) is 12.2. The van der Waals surface area contributed by atoms with E-state index in [2.05, 4.69) is 12.1 Å². The Hall–Kier alpha value is -2.04. The second-order valence-corrected chi connectivity index (χ2v) is 9.62. The lowest BCUT2D eigenvalue weighted by Gasteiger charge is -2.29. The highest BCUT2D eigenvalue weighted by Gasteiger charge is 2.22. The van der Waals surface area contributed by atoms with Crippen molar-refractivity contribution in [1.29, 1.82) is 0 Å². The van der Waals surface area contributed by atoms with Crippen LogP contribution in [0, 0.1) is 23.4 Å². The number of rotatable bonds is 8. The van der Waals surface area contributed by atoms with Crippen LogP contribution in [-0.2, 0) is 17.6 Å². The molecule has 3 aromatic carbocycles. The van der Waals surface area contributed by atoms with Crippen LogP contribution in [0.4, 0.5) is 13.2 Å². The summed E-state index contributed by atoms with van der Waals surface area (Å²) in [6.45, 7) is 0.839. The molecule has 0 amide bonds. The van der Waals surface area contributed by atoms with Crippen LogP contribution in [0.2, 0.25) is 5.02 Å². The first kappa shape index (κ1) is 24.1. The summed E-state index contributed by atoms with van der Waals surface area (Å²) >= 11 is 5.54. The van der Waals surface area contributed by atoms with E-state index in [1.807, 2.05) is 12.1 Å². The Balaban J connectivity index is 1.42. The zero-order valence-electron chi connectivity index (χ0n) is 19.0. The summed E-state index contributed by atoms with van der Waals surface area (Å²) < 4.78 is 47.7. The number of benzene rings is 3. The minimum absolute atomic E-state index is 0.254. The molecule has 0 heterocycles. The lowest BCUT2D eigenvalue weighted by Crippen LogP contribution is -2.14. The zero-order chi connectivity index (χ0) is 23.4. The summed E-state index contributed by atoms with van der Waals surface area (Å²) in [7, 11) is 1.75. The van der Waals surface area contributed by atoms with Crippen LogP contribution in [0.5, 0.6) is 0 Å². The molecular weight excluding hydrogens is 445 g/mol. The Morgan fingerprint density at radius 3 is 2.33 bits per heavy atom. The molecule has 0 saturated heterocycles. The summed E-state index contributed by atoms with van der Waals surface area (Å²) in [4.78, 5) is 0. The largest absolute Gasteiger partial charge is 0.385 e. The number of hydrogen-bond acceptors (Lipinski definition) is 1. The van der Waals surface area contributed by atoms with Gasteiger partial charge in [0.05, 0.1) is 0 Å². The van der Waals surface area contributed by atoms with Crippen molar-refractivity contribution in [3.8, 4) is 0 Å². The van der Waals surface area contributed by atoms with Gasteiger partial charge >= 0.3 is 0 Å². The SMILES string of the molecule is COCCCC1CCC(c2ccc3c(F)c(CCc4cc(F)c(Cl)c(F)c4)ccc3c2)CC1. The van der Waals surface area contributed by atoms with Gasteiger partial charge in [0.1, 0.15) is 22.5 Å². The fourth-order valence-corrected chi connectivity index (χ4v) is 5.24. The van der Waals surface area contributed by atoms with Gasteiger partial charge in [-0.25, -0.2) is 13.2 Å². The van der Waals surface area contributed by atoms with Crippen molar-refractivity contribution in [1.82, 2.24) is 0 Å². The van der Waals surface area contributed by atoms with E-state index in [0.29, 0.717) is 35.3 Å². The van der Waals surface area contributed by atoms with Gasteiger partial charge in [-0.3, -0.25) is 0 Å². The van der Waals surface area contributed by atoms with Crippen molar-refractivity contribution in [2.24, 2.45) is 5.92 Å². The Morgan fingerprint density at radius 2 is 1.64 bits per heavy atom. The van der Waals surface area contributed by atoms with E-state index in [0.717, 1.165) is 24.3 Å². The minimum atomic E-state index is -0.790. The molecule has 0 N–H and O–H groups in total. The monoisotopic (exact) mass is 474 g/mol. The fraction of sp³-hybridized carbons (Fsp3) is 0.429. The average Bonchev–Trinajstić information content (AvgIpc) is 2.82. The third-order valence-electron chi connectivity index (χ3n) is 7.06. The molecule has 1 nitrogen and oxygen atoms in total. The molecular formula is C28H30ClF3O. The molecule has 4 rings (SSSR count). The van der Waals surface area contributed by atoms with Gasteiger partial charge in [-0.05, 0) is 97.4 Å². The Morgan fingerprint density at radius 1 is 0.909 bits per heavy atom. The van der Waals surface area contributed by atoms with Crippen LogP contribution < -0.4 is 0 Å². The average molecular weight is 475 g/mol. The summed E-state index contributed by atoms with van der Waals surface area (Å²) in [5.41, 5.74) is 2.29. The van der Waals surface area contributed by atoms with E-state index < -0.39 is 16.7 Å². The maximum absolute atomic E-state index is 15.2. The second-order valence-electron chi connectivity index (χ2n) is 9.25. The number of halogens is 4. The number of aryl methyl sites for hydroxylation is 2. The highest BCUT2D eigenvalue weighted by molar-refractivity contribution is 6.30. The molecule has 0 atom stereocenters. The van der Waals surface area contributed by atoms with Gasteiger partial charge in [0, 0.05) is 19.1 Å². The maximum atomic E-state index is 15.2. The molecule has 0 radical (unpaired) electrons. The second kappa shape index (κ2) is 10.9. The number of methoxy groups -OCH3 is 1. The molecule has 5 heteroatoms. The van der Waals surface area contributed by atoms with E-state index in [9.17, 15) is 8.78 Å². The van der Waals surface area contributed by atoms with E-state index in [4.69, 9.17) is 16.3 Å². The molecule has 0 bridgehead atoms. The number of ether oxygens (including phenoxy) is 1. The molecule has 33 heavy (non-hydrogen) atoms. The van der Waals surface area contributed by atoms with Crippen molar-refractivity contribution in [3.05, 3.63) is 81.6 Å². The van der Waals surface area contributed by atoms with E-state index in [-0.39, 0.29) is 5.82 Å². The van der Waals surface area contributed by atoms with Crippen LogP contribution in [0.3, 0.4) is 0 Å². The third-order valence-corrected chi connectivity index (χ3v) is 7.42. The van der Waals surface area contributed by atoms with Crippen molar-refractivity contribution in [2.45, 2.75) is 57.3 Å². The lowest BCUT2D eigenvalue weighted by atomic mass is 9.77. The van der Waals surface area contributed by atoms with Gasteiger partial charge in [0.15, 0.2) is 0 Å². The first-order chi connectivity index (χ1) is 16.0. The first-order valence-electron chi connectivity index (χ1n) is 11.8. The quantitative estimate of drug-likeness (QED) is 0.235. The van der Waals surface area contributed by atoms with Crippen molar-refractivity contribution >= 4 is 22.4 Å². The summed E-state index contributed by atoms with van der Waals surface area (Å²) in [6.07, 6.45) is 7.90. The third kappa shape index (κ3) is 5.73. The van der Waals surface area contributed by atoms with Gasteiger partial charge < -0.3 is 4.74 Å². The van der Waals surface area contributed by atoms with Crippen LogP contribution in [0.25, 0.3) is 10.8 Å². The molecule has 1 aliphatic carbocycles. The highest BCUT2D eigenvalue weighted by Crippen LogP contribution is 2.38. The number of fused-ring (bicyclic) bond motifs is 1. The topological polar surface area (TPSA) is 9.23 Å². The molecule has 1 aliphatic rings. The predicted octanol–water partition coefficient (Wildman–Crippen LogP) is 8.40. The molecule has 0 spiro atoms. The van der Waals surface area contributed by atoms with Crippen LogP contribution >= 0.6 is 11.6 Å². The van der Waals surface area contributed by atoms with Crippen molar-refractivity contribution in [3.63, 3.8) is 0 Å². The van der Waals surface area contributed by atoms with Crippen LogP contribution in [0.15, 0.2) is 42.5 Å². The normalized spacial score (nSPS) is 18.7. The van der Waals surface area contributed by atoms with Crippen LogP contribution in [-0.4, -0.2) is 13.7 Å². The highest BCUT2D eigenvalue weighted by atomic mass is 35.5. The van der Waals surface area contributed by atoms with Gasteiger partial charge in [0.25, 0.3) is 0 Å².